The highest BCUT2D eigenvalue weighted by Crippen LogP contribution is 2.14. The Morgan fingerprint density at radius 3 is 2.30 bits per heavy atom. The third-order valence-corrected chi connectivity index (χ3v) is 2.57. The summed E-state index contributed by atoms with van der Waals surface area (Å²) < 4.78 is 4.97. The molecule has 0 aliphatic rings. The van der Waals surface area contributed by atoms with E-state index in [1.165, 1.54) is 37.5 Å². The van der Waals surface area contributed by atoms with Gasteiger partial charge in [0.1, 0.15) is 0 Å². The van der Waals surface area contributed by atoms with Crippen LogP contribution in [-0.4, -0.2) is 27.6 Å². The first-order valence-electron chi connectivity index (χ1n) is 5.65. The Morgan fingerprint density at radius 1 is 1.15 bits per heavy atom. The van der Waals surface area contributed by atoms with E-state index in [9.17, 15) is 14.4 Å². The van der Waals surface area contributed by atoms with Gasteiger partial charge in [0.15, 0.2) is 11.5 Å². The predicted molar refractivity (Wildman–Crippen MR) is 68.5 cm³/mol. The molecule has 1 amide bonds. The second-order valence-corrected chi connectivity index (χ2v) is 3.97. The maximum Gasteiger partial charge on any atom is 0.344 e. The molecule has 1 aromatic heterocycles. The lowest BCUT2D eigenvalue weighted by Gasteiger charge is -2.03. The number of ether oxygens (including phenoxy) is 1. The van der Waals surface area contributed by atoms with Crippen LogP contribution in [0.25, 0.3) is 0 Å². The van der Waals surface area contributed by atoms with Crippen LogP contribution in [0.2, 0.25) is 0 Å². The molecular weight excluding hydrogens is 262 g/mol. The van der Waals surface area contributed by atoms with Crippen molar-refractivity contribution in [3.8, 4) is 5.88 Å². The Bertz CT molecular complexity index is 673. The van der Waals surface area contributed by atoms with Crippen LogP contribution in [0, 0.1) is 0 Å². The first-order chi connectivity index (χ1) is 9.49. The molecule has 0 atom stereocenters. The van der Waals surface area contributed by atoms with Gasteiger partial charge in [-0.05, 0) is 19.1 Å². The van der Waals surface area contributed by atoms with Gasteiger partial charge < -0.3 is 15.5 Å². The van der Waals surface area contributed by atoms with Crippen molar-refractivity contribution in [1.82, 2.24) is 9.97 Å². The molecule has 0 aliphatic carbocycles. The highest BCUT2D eigenvalue weighted by molar-refractivity contribution is 5.97. The number of nitrogens with zero attached hydrogens (tertiary/aromatic N) is 1. The second kappa shape index (κ2) is 5.35. The van der Waals surface area contributed by atoms with Gasteiger partial charge in [-0.15, -0.1) is 0 Å². The van der Waals surface area contributed by atoms with Crippen molar-refractivity contribution in [2.24, 2.45) is 5.73 Å². The molecule has 0 saturated heterocycles. The second-order valence-electron chi connectivity index (χ2n) is 3.97. The van der Waals surface area contributed by atoms with Gasteiger partial charge in [0.2, 0.25) is 0 Å². The fraction of sp³-hybridized carbons (Fsp3) is 0.0769. The molecule has 1 aromatic carbocycles. The number of Topliss-reactive ketones (excluding diaryl/α,β-unsaturated/α-hetero) is 1. The molecule has 0 aliphatic heterocycles. The van der Waals surface area contributed by atoms with Gasteiger partial charge in [-0.3, -0.25) is 9.59 Å². The first-order valence-corrected chi connectivity index (χ1v) is 5.65. The van der Waals surface area contributed by atoms with Gasteiger partial charge in [0, 0.05) is 5.56 Å². The number of nitrogens with one attached hydrogen (secondary N) is 1. The molecule has 20 heavy (non-hydrogen) atoms. The van der Waals surface area contributed by atoms with Gasteiger partial charge >= 0.3 is 5.97 Å². The molecule has 0 saturated carbocycles. The Kier molecular flexibility index (Phi) is 3.60. The lowest BCUT2D eigenvalue weighted by atomic mass is 10.1. The number of benzene rings is 1. The zero-order valence-electron chi connectivity index (χ0n) is 10.5. The van der Waals surface area contributed by atoms with E-state index in [-0.39, 0.29) is 22.9 Å². The Morgan fingerprint density at radius 2 is 1.75 bits per heavy atom. The number of amides is 1. The fourth-order valence-electron chi connectivity index (χ4n) is 1.52. The van der Waals surface area contributed by atoms with Crippen molar-refractivity contribution in [3.63, 3.8) is 0 Å². The number of aromatic nitrogens is 2. The van der Waals surface area contributed by atoms with Gasteiger partial charge in [-0.25, -0.2) is 9.78 Å². The van der Waals surface area contributed by atoms with Crippen LogP contribution in [0.4, 0.5) is 0 Å². The van der Waals surface area contributed by atoms with E-state index in [0.717, 1.165) is 0 Å². The summed E-state index contributed by atoms with van der Waals surface area (Å²) in [5.41, 5.74) is 5.72. The molecule has 2 aromatic rings. The van der Waals surface area contributed by atoms with E-state index >= 15 is 0 Å². The zero-order valence-corrected chi connectivity index (χ0v) is 10.5. The van der Waals surface area contributed by atoms with E-state index in [0.29, 0.717) is 5.56 Å². The summed E-state index contributed by atoms with van der Waals surface area (Å²) >= 11 is 0. The lowest BCUT2D eigenvalue weighted by molar-refractivity contribution is 0.0725. The molecule has 0 spiro atoms. The quantitative estimate of drug-likeness (QED) is 0.635. The third-order valence-electron chi connectivity index (χ3n) is 2.57. The number of nitrogens with two attached hydrogens (primary N) is 1. The number of imidazole rings is 1. The van der Waals surface area contributed by atoms with Crippen molar-refractivity contribution in [1.29, 1.82) is 0 Å². The summed E-state index contributed by atoms with van der Waals surface area (Å²) in [6.45, 7) is 1.43. The molecule has 7 heteroatoms. The van der Waals surface area contributed by atoms with Crippen molar-refractivity contribution in [3.05, 3.63) is 47.4 Å². The minimum Gasteiger partial charge on any atom is -0.401 e. The third kappa shape index (κ3) is 2.72. The summed E-state index contributed by atoms with van der Waals surface area (Å²) in [6, 6.07) is 5.93. The van der Waals surface area contributed by atoms with Gasteiger partial charge in [-0.2, -0.15) is 0 Å². The van der Waals surface area contributed by atoms with Crippen LogP contribution in [0.5, 0.6) is 5.88 Å². The molecule has 2 rings (SSSR count). The van der Waals surface area contributed by atoms with Crippen LogP contribution in [0.1, 0.15) is 38.1 Å². The van der Waals surface area contributed by atoms with E-state index in [4.69, 9.17) is 10.5 Å². The molecule has 102 valence electrons. The number of H-pyrrole nitrogens is 1. The van der Waals surface area contributed by atoms with Crippen LogP contribution >= 0.6 is 0 Å². The topological polar surface area (TPSA) is 115 Å². The van der Waals surface area contributed by atoms with Crippen LogP contribution in [0.3, 0.4) is 0 Å². The van der Waals surface area contributed by atoms with E-state index in [1.54, 1.807) is 0 Å². The SMILES string of the molecule is CC(=O)c1ccc(C(=O)Oc2nc[nH]c2C(N)=O)cc1. The number of hydrogen-bond acceptors (Lipinski definition) is 5. The molecule has 0 fully saturated rings. The number of ketones is 1. The predicted octanol–water partition coefficient (Wildman–Crippen LogP) is 0.930. The molecule has 3 N–H and O–H groups in total. The molecule has 1 heterocycles. The smallest absolute Gasteiger partial charge is 0.344 e. The standard InChI is InChI=1S/C13H11N3O4/c1-7(17)8-2-4-9(5-3-8)13(19)20-12-10(11(14)18)15-6-16-12/h2-6H,1H3,(H2,14,18)(H,15,16). The maximum atomic E-state index is 11.9. The normalized spacial score (nSPS) is 10.1. The van der Waals surface area contributed by atoms with Crippen LogP contribution in [-0.2, 0) is 0 Å². The molecular formula is C13H11N3O4. The largest absolute Gasteiger partial charge is 0.401 e. The van der Waals surface area contributed by atoms with Crippen molar-refractivity contribution >= 4 is 17.7 Å². The van der Waals surface area contributed by atoms with Gasteiger partial charge in [0.05, 0.1) is 11.9 Å². The van der Waals surface area contributed by atoms with Crippen molar-refractivity contribution in [2.45, 2.75) is 6.92 Å². The highest BCUT2D eigenvalue weighted by Gasteiger charge is 2.17. The number of carbonyl (C=O) groups excluding carboxylic acids is 3. The number of primary amides is 1. The number of aromatic amines is 1. The van der Waals surface area contributed by atoms with E-state index < -0.39 is 11.9 Å². The first kappa shape index (κ1) is 13.5. The summed E-state index contributed by atoms with van der Waals surface area (Å²) in [6.07, 6.45) is 1.20. The van der Waals surface area contributed by atoms with E-state index in [2.05, 4.69) is 9.97 Å². The highest BCUT2D eigenvalue weighted by atomic mass is 16.5. The van der Waals surface area contributed by atoms with Crippen LogP contribution in [0.15, 0.2) is 30.6 Å². The monoisotopic (exact) mass is 273 g/mol. The minimum absolute atomic E-state index is 0.0845. The summed E-state index contributed by atoms with van der Waals surface area (Å²) in [5.74, 6) is -1.77. The van der Waals surface area contributed by atoms with Gasteiger partial charge in [0.25, 0.3) is 11.8 Å². The summed E-state index contributed by atoms with van der Waals surface area (Å²) in [7, 11) is 0. The van der Waals surface area contributed by atoms with Gasteiger partial charge in [-0.1, -0.05) is 12.1 Å². The molecule has 0 unspecified atom stereocenters. The minimum atomic E-state index is -0.780. The lowest BCUT2D eigenvalue weighted by Crippen LogP contribution is -2.16. The summed E-state index contributed by atoms with van der Waals surface area (Å²) in [4.78, 5) is 40.2. The Hall–Kier alpha value is -2.96. The molecule has 7 nitrogen and oxygen atoms in total. The van der Waals surface area contributed by atoms with Crippen molar-refractivity contribution < 1.29 is 19.1 Å². The van der Waals surface area contributed by atoms with E-state index in [1.807, 2.05) is 0 Å². The van der Waals surface area contributed by atoms with Crippen molar-refractivity contribution in [2.75, 3.05) is 0 Å². The Balaban J connectivity index is 2.17. The molecule has 0 bridgehead atoms. The maximum absolute atomic E-state index is 11.9. The van der Waals surface area contributed by atoms with Crippen LogP contribution < -0.4 is 10.5 Å². The average molecular weight is 273 g/mol. The number of rotatable bonds is 4. The number of esters is 1. The number of hydrogen-bond donors (Lipinski definition) is 2. The molecule has 0 radical (unpaired) electrons. The fourth-order valence-corrected chi connectivity index (χ4v) is 1.52. The summed E-state index contributed by atoms with van der Waals surface area (Å²) in [5, 5.41) is 0. The average Bonchev–Trinajstić information content (AvgIpc) is 2.87. The Labute approximate surface area is 113 Å². The zero-order chi connectivity index (χ0) is 14.7. The number of carbonyl (C=O) groups is 3.